The Bertz CT molecular complexity index is 387. The zero-order chi connectivity index (χ0) is 12.9. The van der Waals surface area contributed by atoms with Crippen LogP contribution in [0, 0.1) is 11.8 Å². The van der Waals surface area contributed by atoms with E-state index in [1.54, 1.807) is 0 Å². The quantitative estimate of drug-likeness (QED) is 0.821. The minimum Gasteiger partial charge on any atom is -0.340 e. The fraction of sp³-hybridized carbons (Fsp3) is 0.857. The monoisotopic (exact) mass is 250 g/mol. The highest BCUT2D eigenvalue weighted by Gasteiger charge is 2.53. The van der Waals surface area contributed by atoms with Gasteiger partial charge < -0.3 is 10.2 Å². The average Bonchev–Trinajstić information content (AvgIpc) is 3.04. The van der Waals surface area contributed by atoms with Gasteiger partial charge in [0.2, 0.25) is 11.8 Å². The third-order valence-corrected chi connectivity index (χ3v) is 5.14. The summed E-state index contributed by atoms with van der Waals surface area (Å²) in [7, 11) is 0. The van der Waals surface area contributed by atoms with E-state index in [0.29, 0.717) is 11.8 Å². The SMILES string of the molecule is CC(C1CCC1)N1CC(=O)NC(C)(C2CC2)C1=O. The molecule has 4 nitrogen and oxygen atoms in total. The molecule has 18 heavy (non-hydrogen) atoms. The predicted molar refractivity (Wildman–Crippen MR) is 67.8 cm³/mol. The number of hydrogen-bond donors (Lipinski definition) is 1. The molecule has 3 rings (SSSR count). The lowest BCUT2D eigenvalue weighted by Crippen LogP contribution is -2.68. The third kappa shape index (κ3) is 1.73. The Morgan fingerprint density at radius 3 is 2.44 bits per heavy atom. The first-order valence-electron chi connectivity index (χ1n) is 7.14. The molecule has 0 aromatic carbocycles. The summed E-state index contributed by atoms with van der Waals surface area (Å²) < 4.78 is 0. The van der Waals surface area contributed by atoms with Crippen molar-refractivity contribution < 1.29 is 9.59 Å². The Morgan fingerprint density at radius 1 is 1.28 bits per heavy atom. The van der Waals surface area contributed by atoms with Gasteiger partial charge in [0.05, 0.1) is 6.54 Å². The summed E-state index contributed by atoms with van der Waals surface area (Å²) in [6, 6.07) is 0.218. The Labute approximate surface area is 108 Å². The number of nitrogens with one attached hydrogen (secondary N) is 1. The van der Waals surface area contributed by atoms with Crippen LogP contribution in [0.2, 0.25) is 0 Å². The molecule has 0 spiro atoms. The minimum absolute atomic E-state index is 0.00942. The van der Waals surface area contributed by atoms with E-state index in [4.69, 9.17) is 0 Å². The van der Waals surface area contributed by atoms with Gasteiger partial charge in [-0.15, -0.1) is 0 Å². The Kier molecular flexibility index (Phi) is 2.65. The van der Waals surface area contributed by atoms with Gasteiger partial charge in [0, 0.05) is 6.04 Å². The summed E-state index contributed by atoms with van der Waals surface area (Å²) in [6.07, 6.45) is 5.80. The molecule has 2 saturated carbocycles. The average molecular weight is 250 g/mol. The van der Waals surface area contributed by atoms with Crippen LogP contribution in [-0.4, -0.2) is 34.8 Å². The fourth-order valence-electron chi connectivity index (χ4n) is 3.35. The highest BCUT2D eigenvalue weighted by molar-refractivity contribution is 5.98. The molecular weight excluding hydrogens is 228 g/mol. The van der Waals surface area contributed by atoms with E-state index in [1.807, 2.05) is 11.8 Å². The molecule has 2 aliphatic carbocycles. The van der Waals surface area contributed by atoms with Gasteiger partial charge in [0.25, 0.3) is 0 Å². The summed E-state index contributed by atoms with van der Waals surface area (Å²) in [4.78, 5) is 26.4. The van der Waals surface area contributed by atoms with Crippen LogP contribution >= 0.6 is 0 Å². The van der Waals surface area contributed by atoms with Crippen molar-refractivity contribution in [2.24, 2.45) is 11.8 Å². The van der Waals surface area contributed by atoms with Gasteiger partial charge in [-0.05, 0) is 51.4 Å². The zero-order valence-corrected chi connectivity index (χ0v) is 11.2. The number of hydrogen-bond acceptors (Lipinski definition) is 2. The van der Waals surface area contributed by atoms with Crippen LogP contribution in [0.4, 0.5) is 0 Å². The third-order valence-electron chi connectivity index (χ3n) is 5.14. The first-order valence-corrected chi connectivity index (χ1v) is 7.14. The normalized spacial score (nSPS) is 35.1. The van der Waals surface area contributed by atoms with Crippen molar-refractivity contribution in [3.8, 4) is 0 Å². The number of piperazine rings is 1. The molecule has 4 heteroatoms. The van der Waals surface area contributed by atoms with Gasteiger partial charge in [-0.3, -0.25) is 9.59 Å². The molecule has 0 bridgehead atoms. The van der Waals surface area contributed by atoms with Crippen molar-refractivity contribution in [3.05, 3.63) is 0 Å². The van der Waals surface area contributed by atoms with Gasteiger partial charge in [0.1, 0.15) is 5.54 Å². The van der Waals surface area contributed by atoms with Crippen LogP contribution in [0.25, 0.3) is 0 Å². The topological polar surface area (TPSA) is 49.4 Å². The lowest BCUT2D eigenvalue weighted by Gasteiger charge is -2.46. The molecule has 0 aromatic rings. The van der Waals surface area contributed by atoms with Crippen LogP contribution in [-0.2, 0) is 9.59 Å². The van der Waals surface area contributed by atoms with Gasteiger partial charge >= 0.3 is 0 Å². The number of rotatable bonds is 3. The molecule has 1 N–H and O–H groups in total. The standard InChI is InChI=1S/C14H22N2O2/c1-9(10-4-3-5-10)16-8-12(17)15-14(2,13(16)18)11-6-7-11/h9-11H,3-8H2,1-2H3,(H,15,17). The second kappa shape index (κ2) is 3.97. The second-order valence-corrected chi connectivity index (χ2v) is 6.39. The number of carbonyl (C=O) groups is 2. The smallest absolute Gasteiger partial charge is 0.249 e. The molecule has 1 heterocycles. The predicted octanol–water partition coefficient (Wildman–Crippen LogP) is 1.30. The summed E-state index contributed by atoms with van der Waals surface area (Å²) >= 11 is 0. The summed E-state index contributed by atoms with van der Waals surface area (Å²) in [5, 5.41) is 2.93. The molecule has 2 amide bonds. The van der Waals surface area contributed by atoms with E-state index in [-0.39, 0.29) is 24.4 Å². The molecule has 1 saturated heterocycles. The van der Waals surface area contributed by atoms with Crippen LogP contribution in [0.1, 0.15) is 46.0 Å². The van der Waals surface area contributed by atoms with Crippen LogP contribution in [0.5, 0.6) is 0 Å². The summed E-state index contributed by atoms with van der Waals surface area (Å²) in [5.74, 6) is 1.10. The minimum atomic E-state index is -0.632. The van der Waals surface area contributed by atoms with E-state index in [9.17, 15) is 9.59 Å². The Morgan fingerprint density at radius 2 is 1.94 bits per heavy atom. The molecule has 0 aromatic heterocycles. The van der Waals surface area contributed by atoms with Crippen molar-refractivity contribution in [2.75, 3.05) is 6.54 Å². The first-order chi connectivity index (χ1) is 8.52. The molecule has 2 atom stereocenters. The molecule has 2 unspecified atom stereocenters. The molecule has 1 aliphatic heterocycles. The van der Waals surface area contributed by atoms with E-state index < -0.39 is 5.54 Å². The first kappa shape index (κ1) is 12.0. The molecule has 100 valence electrons. The van der Waals surface area contributed by atoms with Crippen molar-refractivity contribution in [2.45, 2.75) is 57.5 Å². The summed E-state index contributed by atoms with van der Waals surface area (Å²) in [6.45, 7) is 4.26. The van der Waals surface area contributed by atoms with E-state index in [0.717, 1.165) is 12.8 Å². The number of amides is 2. The molecule has 3 aliphatic rings. The van der Waals surface area contributed by atoms with Crippen molar-refractivity contribution in [3.63, 3.8) is 0 Å². The van der Waals surface area contributed by atoms with E-state index in [2.05, 4.69) is 12.2 Å². The molecule has 3 fully saturated rings. The fourth-order valence-corrected chi connectivity index (χ4v) is 3.35. The van der Waals surface area contributed by atoms with Gasteiger partial charge in [-0.1, -0.05) is 6.42 Å². The second-order valence-electron chi connectivity index (χ2n) is 6.39. The summed E-state index contributed by atoms with van der Waals surface area (Å²) in [5.41, 5.74) is -0.632. The Balaban J connectivity index is 1.80. The number of nitrogens with zero attached hydrogens (tertiary/aromatic N) is 1. The van der Waals surface area contributed by atoms with Crippen LogP contribution < -0.4 is 5.32 Å². The highest BCUT2D eigenvalue weighted by atomic mass is 16.2. The molecular formula is C14H22N2O2. The lowest BCUT2D eigenvalue weighted by molar-refractivity contribution is -0.154. The Hall–Kier alpha value is -1.06. The van der Waals surface area contributed by atoms with Gasteiger partial charge in [-0.25, -0.2) is 0 Å². The van der Waals surface area contributed by atoms with Crippen LogP contribution in [0.15, 0.2) is 0 Å². The maximum Gasteiger partial charge on any atom is 0.249 e. The zero-order valence-electron chi connectivity index (χ0n) is 11.2. The van der Waals surface area contributed by atoms with Crippen LogP contribution in [0.3, 0.4) is 0 Å². The van der Waals surface area contributed by atoms with Crippen molar-refractivity contribution >= 4 is 11.8 Å². The lowest BCUT2D eigenvalue weighted by atomic mass is 9.78. The highest BCUT2D eigenvalue weighted by Crippen LogP contribution is 2.43. The van der Waals surface area contributed by atoms with Gasteiger partial charge in [-0.2, -0.15) is 0 Å². The molecule has 0 radical (unpaired) electrons. The van der Waals surface area contributed by atoms with E-state index in [1.165, 1.54) is 19.3 Å². The van der Waals surface area contributed by atoms with E-state index >= 15 is 0 Å². The maximum atomic E-state index is 12.7. The number of carbonyl (C=O) groups excluding carboxylic acids is 2. The van der Waals surface area contributed by atoms with Gasteiger partial charge in [0.15, 0.2) is 0 Å². The largest absolute Gasteiger partial charge is 0.340 e. The van der Waals surface area contributed by atoms with Crippen molar-refractivity contribution in [1.82, 2.24) is 10.2 Å². The van der Waals surface area contributed by atoms with Crippen molar-refractivity contribution in [1.29, 1.82) is 0 Å². The maximum absolute atomic E-state index is 12.7.